The Labute approximate surface area is 184 Å². The van der Waals surface area contributed by atoms with Crippen LogP contribution in [0.4, 0.5) is 4.79 Å². The Hall–Kier alpha value is -3.01. The van der Waals surface area contributed by atoms with Crippen molar-refractivity contribution in [1.29, 1.82) is 0 Å². The largest absolute Gasteiger partial charge is 0.488 e. The van der Waals surface area contributed by atoms with Crippen LogP contribution in [-0.2, 0) is 11.3 Å². The number of nitrogens with zero attached hydrogens (tertiary/aromatic N) is 1. The second-order valence-electron chi connectivity index (χ2n) is 9.31. The molecule has 0 aliphatic heterocycles. The number of hydrogen-bond acceptors (Lipinski definition) is 3. The third-order valence-corrected chi connectivity index (χ3v) is 5.53. The zero-order chi connectivity index (χ0) is 22.0. The van der Waals surface area contributed by atoms with Crippen LogP contribution in [0, 0.1) is 0 Å². The van der Waals surface area contributed by atoms with Crippen molar-refractivity contribution in [3.63, 3.8) is 0 Å². The van der Waals surface area contributed by atoms with Crippen molar-refractivity contribution in [2.45, 2.75) is 64.8 Å². The molecule has 1 atom stereocenters. The fourth-order valence-electron chi connectivity index (χ4n) is 3.84. The fraction of sp³-hybridized carbons (Fsp3) is 0.370. The van der Waals surface area contributed by atoms with E-state index in [2.05, 4.69) is 43.3 Å². The van der Waals surface area contributed by atoms with Gasteiger partial charge in [0.2, 0.25) is 0 Å². The van der Waals surface area contributed by atoms with Gasteiger partial charge in [-0.3, -0.25) is 4.90 Å². The minimum Gasteiger partial charge on any atom is -0.488 e. The van der Waals surface area contributed by atoms with Crippen LogP contribution in [-0.4, -0.2) is 22.6 Å². The number of rotatable bonds is 6. The van der Waals surface area contributed by atoms with Crippen LogP contribution in [0.5, 0.6) is 5.75 Å². The van der Waals surface area contributed by atoms with Gasteiger partial charge < -0.3 is 9.47 Å². The molecule has 0 N–H and O–H groups in total. The Bertz CT molecular complexity index is 1050. The minimum absolute atomic E-state index is 0.106. The number of carbonyl (C=O) groups excluding carboxylic acids is 1. The average Bonchev–Trinajstić information content (AvgIpc) is 3.56. The van der Waals surface area contributed by atoms with Gasteiger partial charge in [-0.25, -0.2) is 4.79 Å². The topological polar surface area (TPSA) is 38.8 Å². The maximum absolute atomic E-state index is 13.0. The quantitative estimate of drug-likeness (QED) is 0.439. The van der Waals surface area contributed by atoms with Gasteiger partial charge in [-0.05, 0) is 69.2 Å². The zero-order valence-corrected chi connectivity index (χ0v) is 18.8. The molecule has 0 radical (unpaired) electrons. The van der Waals surface area contributed by atoms with Crippen LogP contribution < -0.4 is 4.74 Å². The summed E-state index contributed by atoms with van der Waals surface area (Å²) in [6.07, 6.45) is 1.80. The lowest BCUT2D eigenvalue weighted by atomic mass is 10.0. The molecular formula is C27H31NO3. The molecular weight excluding hydrogens is 386 g/mol. The van der Waals surface area contributed by atoms with Crippen LogP contribution in [0.25, 0.3) is 10.8 Å². The molecule has 3 aromatic carbocycles. The van der Waals surface area contributed by atoms with E-state index in [-0.39, 0.29) is 18.2 Å². The smallest absolute Gasteiger partial charge is 0.411 e. The maximum atomic E-state index is 13.0. The lowest BCUT2D eigenvalue weighted by Gasteiger charge is -2.32. The summed E-state index contributed by atoms with van der Waals surface area (Å²) in [4.78, 5) is 14.9. The normalized spacial score (nSPS) is 14.8. The molecule has 1 aliphatic rings. The molecule has 0 heterocycles. The van der Waals surface area contributed by atoms with Gasteiger partial charge >= 0.3 is 6.09 Å². The molecule has 0 bridgehead atoms. The highest BCUT2D eigenvalue weighted by Gasteiger charge is 2.38. The van der Waals surface area contributed by atoms with Crippen LogP contribution in [0.15, 0.2) is 66.7 Å². The number of ether oxygens (including phenoxy) is 2. The zero-order valence-electron chi connectivity index (χ0n) is 18.8. The van der Waals surface area contributed by atoms with Gasteiger partial charge in [-0.1, -0.05) is 54.6 Å². The summed E-state index contributed by atoms with van der Waals surface area (Å²) in [5, 5.41) is 2.18. The van der Waals surface area contributed by atoms with E-state index in [1.807, 2.05) is 56.0 Å². The van der Waals surface area contributed by atoms with Crippen molar-refractivity contribution in [3.8, 4) is 5.75 Å². The van der Waals surface area contributed by atoms with Gasteiger partial charge in [-0.2, -0.15) is 0 Å². The summed E-state index contributed by atoms with van der Waals surface area (Å²) in [7, 11) is 0. The second kappa shape index (κ2) is 8.62. The van der Waals surface area contributed by atoms with E-state index in [0.717, 1.165) is 40.5 Å². The van der Waals surface area contributed by atoms with E-state index >= 15 is 0 Å². The summed E-state index contributed by atoms with van der Waals surface area (Å²) in [6.45, 7) is 8.30. The predicted molar refractivity (Wildman–Crippen MR) is 124 cm³/mol. The molecule has 1 unspecified atom stereocenters. The van der Waals surface area contributed by atoms with Crippen LogP contribution in [0.3, 0.4) is 0 Å². The summed E-state index contributed by atoms with van der Waals surface area (Å²) in [6, 6.07) is 22.8. The Morgan fingerprint density at radius 3 is 2.39 bits per heavy atom. The molecule has 4 rings (SSSR count). The monoisotopic (exact) mass is 417 g/mol. The van der Waals surface area contributed by atoms with Gasteiger partial charge in [0, 0.05) is 11.4 Å². The van der Waals surface area contributed by atoms with Crippen molar-refractivity contribution < 1.29 is 14.3 Å². The van der Waals surface area contributed by atoms with Gasteiger partial charge in [0.15, 0.2) is 0 Å². The van der Waals surface area contributed by atoms with Gasteiger partial charge in [0.1, 0.15) is 18.0 Å². The standard InChI is InChI=1S/C27H31NO3/c1-19(28(23-14-15-23)26(29)31-27(2,3)4)22-16-21-12-8-9-13-24(21)25(17-22)30-18-20-10-6-5-7-11-20/h5-13,16-17,19,23H,14-15,18H2,1-4H3. The first-order valence-electron chi connectivity index (χ1n) is 11.0. The van der Waals surface area contributed by atoms with E-state index in [1.54, 1.807) is 0 Å². The molecule has 0 saturated heterocycles. The van der Waals surface area contributed by atoms with E-state index in [4.69, 9.17) is 9.47 Å². The van der Waals surface area contributed by atoms with E-state index < -0.39 is 5.60 Å². The first kappa shape index (κ1) is 21.2. The summed E-state index contributed by atoms with van der Waals surface area (Å²) in [5.74, 6) is 0.837. The van der Waals surface area contributed by atoms with Crippen molar-refractivity contribution >= 4 is 16.9 Å². The molecule has 1 aliphatic carbocycles. The minimum atomic E-state index is -0.517. The van der Waals surface area contributed by atoms with E-state index in [0.29, 0.717) is 6.61 Å². The number of fused-ring (bicyclic) bond motifs is 1. The van der Waals surface area contributed by atoms with E-state index in [1.165, 1.54) is 0 Å². The Morgan fingerprint density at radius 1 is 1.03 bits per heavy atom. The lowest BCUT2D eigenvalue weighted by molar-refractivity contribution is 0.0153. The second-order valence-corrected chi connectivity index (χ2v) is 9.31. The highest BCUT2D eigenvalue weighted by Crippen LogP contribution is 2.38. The summed E-state index contributed by atoms with van der Waals surface area (Å²) >= 11 is 0. The summed E-state index contributed by atoms with van der Waals surface area (Å²) in [5.41, 5.74) is 1.66. The van der Waals surface area contributed by atoms with Gasteiger partial charge in [0.05, 0.1) is 6.04 Å². The Balaban J connectivity index is 1.65. The van der Waals surface area contributed by atoms with Crippen LogP contribution in [0.1, 0.15) is 57.7 Å². The average molecular weight is 418 g/mol. The number of carbonyl (C=O) groups is 1. The molecule has 31 heavy (non-hydrogen) atoms. The molecule has 4 nitrogen and oxygen atoms in total. The van der Waals surface area contributed by atoms with Gasteiger partial charge in [-0.15, -0.1) is 0 Å². The van der Waals surface area contributed by atoms with Crippen molar-refractivity contribution in [1.82, 2.24) is 4.90 Å². The number of amides is 1. The third kappa shape index (κ3) is 5.19. The van der Waals surface area contributed by atoms with E-state index in [9.17, 15) is 4.79 Å². The summed E-state index contributed by atoms with van der Waals surface area (Å²) < 4.78 is 12.0. The third-order valence-electron chi connectivity index (χ3n) is 5.53. The van der Waals surface area contributed by atoms with Crippen molar-refractivity contribution in [3.05, 3.63) is 77.9 Å². The SMILES string of the molecule is CC(c1cc(OCc2ccccc2)c2ccccc2c1)N(C(=O)OC(C)(C)C)C1CC1. The molecule has 1 amide bonds. The first-order chi connectivity index (χ1) is 14.8. The van der Waals surface area contributed by atoms with Crippen LogP contribution >= 0.6 is 0 Å². The number of hydrogen-bond donors (Lipinski definition) is 0. The lowest BCUT2D eigenvalue weighted by Crippen LogP contribution is -2.39. The highest BCUT2D eigenvalue weighted by atomic mass is 16.6. The fourth-order valence-corrected chi connectivity index (χ4v) is 3.84. The van der Waals surface area contributed by atoms with Gasteiger partial charge in [0.25, 0.3) is 0 Å². The molecule has 0 spiro atoms. The maximum Gasteiger partial charge on any atom is 0.411 e. The predicted octanol–water partition coefficient (Wildman–Crippen LogP) is 6.88. The number of benzene rings is 3. The molecule has 0 aromatic heterocycles. The molecule has 3 aromatic rings. The first-order valence-corrected chi connectivity index (χ1v) is 11.0. The van der Waals surface area contributed by atoms with Crippen molar-refractivity contribution in [2.24, 2.45) is 0 Å². The highest BCUT2D eigenvalue weighted by molar-refractivity contribution is 5.89. The molecule has 4 heteroatoms. The van der Waals surface area contributed by atoms with Crippen LogP contribution in [0.2, 0.25) is 0 Å². The molecule has 1 saturated carbocycles. The Kier molecular flexibility index (Phi) is 5.90. The Morgan fingerprint density at radius 2 is 1.71 bits per heavy atom. The molecule has 1 fully saturated rings. The van der Waals surface area contributed by atoms with Crippen molar-refractivity contribution in [2.75, 3.05) is 0 Å². The molecule has 162 valence electrons.